The lowest BCUT2D eigenvalue weighted by atomic mass is 10.3. The van der Waals surface area contributed by atoms with Gasteiger partial charge in [-0.3, -0.25) is 0 Å². The summed E-state index contributed by atoms with van der Waals surface area (Å²) in [6, 6.07) is 3.99. The second kappa shape index (κ2) is 4.70. The number of aryl methyl sites for hydroxylation is 1. The number of nitrogen functional groups attached to an aromatic ring is 1. The second-order valence-electron chi connectivity index (χ2n) is 5.29. The first kappa shape index (κ1) is 12.6. The molecule has 1 aliphatic carbocycles. The highest BCUT2D eigenvalue weighted by molar-refractivity contribution is 7.13. The SMILES string of the molecule is Cc1oc(-c2cccs2)nc1Cn1nnc(N)c1C1CC1. The summed E-state index contributed by atoms with van der Waals surface area (Å²) in [6.07, 6.45) is 2.33. The predicted molar refractivity (Wildman–Crippen MR) is 80.1 cm³/mol. The van der Waals surface area contributed by atoms with Gasteiger partial charge in [0.05, 0.1) is 17.1 Å². The van der Waals surface area contributed by atoms with Crippen LogP contribution in [0.25, 0.3) is 10.8 Å². The Morgan fingerprint density at radius 2 is 2.33 bits per heavy atom. The molecule has 21 heavy (non-hydrogen) atoms. The van der Waals surface area contributed by atoms with Gasteiger partial charge in [-0.25, -0.2) is 9.67 Å². The van der Waals surface area contributed by atoms with Gasteiger partial charge in [-0.15, -0.1) is 16.4 Å². The van der Waals surface area contributed by atoms with Crippen molar-refractivity contribution in [1.29, 1.82) is 0 Å². The van der Waals surface area contributed by atoms with E-state index in [1.165, 1.54) is 0 Å². The van der Waals surface area contributed by atoms with Gasteiger partial charge in [-0.1, -0.05) is 11.3 Å². The molecule has 0 bridgehead atoms. The number of rotatable bonds is 4. The third-order valence-electron chi connectivity index (χ3n) is 3.69. The van der Waals surface area contributed by atoms with Crippen molar-refractivity contribution in [1.82, 2.24) is 20.0 Å². The summed E-state index contributed by atoms with van der Waals surface area (Å²) >= 11 is 1.62. The number of hydrogen-bond acceptors (Lipinski definition) is 6. The van der Waals surface area contributed by atoms with Crippen molar-refractivity contribution in [3.05, 3.63) is 34.7 Å². The summed E-state index contributed by atoms with van der Waals surface area (Å²) in [6.45, 7) is 2.48. The van der Waals surface area contributed by atoms with Crippen LogP contribution in [0.4, 0.5) is 5.82 Å². The maximum absolute atomic E-state index is 5.92. The second-order valence-corrected chi connectivity index (χ2v) is 6.24. The summed E-state index contributed by atoms with van der Waals surface area (Å²) in [5, 5.41) is 10.2. The van der Waals surface area contributed by atoms with Crippen LogP contribution in [0.15, 0.2) is 21.9 Å². The van der Waals surface area contributed by atoms with Crippen LogP contribution >= 0.6 is 11.3 Å². The van der Waals surface area contributed by atoms with Gasteiger partial charge in [0.25, 0.3) is 0 Å². The molecule has 0 amide bonds. The Hall–Kier alpha value is -2.15. The molecule has 0 aromatic carbocycles. The lowest BCUT2D eigenvalue weighted by Crippen LogP contribution is -2.07. The number of oxazole rings is 1. The zero-order valence-electron chi connectivity index (χ0n) is 11.6. The topological polar surface area (TPSA) is 82.8 Å². The van der Waals surface area contributed by atoms with Gasteiger partial charge < -0.3 is 10.2 Å². The Bertz CT molecular complexity index is 769. The zero-order valence-corrected chi connectivity index (χ0v) is 12.4. The van der Waals surface area contributed by atoms with E-state index in [0.29, 0.717) is 24.2 Å². The molecule has 4 rings (SSSR count). The average Bonchev–Trinajstić information content (AvgIpc) is 2.88. The van der Waals surface area contributed by atoms with Crippen LogP contribution in [0.5, 0.6) is 0 Å². The van der Waals surface area contributed by atoms with Crippen molar-refractivity contribution in [3.8, 4) is 10.8 Å². The first-order valence-corrected chi connectivity index (χ1v) is 7.79. The highest BCUT2D eigenvalue weighted by Gasteiger charge is 2.31. The molecule has 0 spiro atoms. The van der Waals surface area contributed by atoms with Gasteiger partial charge in [0.15, 0.2) is 5.82 Å². The Balaban J connectivity index is 1.66. The van der Waals surface area contributed by atoms with Crippen LogP contribution in [0.3, 0.4) is 0 Å². The molecule has 3 aromatic rings. The van der Waals surface area contributed by atoms with Gasteiger partial charge in [0.1, 0.15) is 11.5 Å². The van der Waals surface area contributed by atoms with E-state index in [1.54, 1.807) is 11.3 Å². The molecule has 1 saturated carbocycles. The average molecular weight is 301 g/mol. The van der Waals surface area contributed by atoms with Crippen molar-refractivity contribution in [3.63, 3.8) is 0 Å². The third-order valence-corrected chi connectivity index (χ3v) is 4.55. The van der Waals surface area contributed by atoms with Crippen LogP contribution < -0.4 is 5.73 Å². The molecular formula is C14H15N5OS. The Morgan fingerprint density at radius 3 is 3.05 bits per heavy atom. The van der Waals surface area contributed by atoms with E-state index in [0.717, 1.165) is 34.9 Å². The Labute approximate surface area is 125 Å². The van der Waals surface area contributed by atoms with E-state index in [1.807, 2.05) is 29.1 Å². The fourth-order valence-electron chi connectivity index (χ4n) is 2.45. The lowest BCUT2D eigenvalue weighted by molar-refractivity contribution is 0.534. The van der Waals surface area contributed by atoms with Crippen LogP contribution in [-0.4, -0.2) is 20.0 Å². The number of anilines is 1. The van der Waals surface area contributed by atoms with Crippen LogP contribution in [-0.2, 0) is 6.54 Å². The fourth-order valence-corrected chi connectivity index (χ4v) is 3.10. The van der Waals surface area contributed by atoms with E-state index >= 15 is 0 Å². The molecule has 0 radical (unpaired) electrons. The highest BCUT2D eigenvalue weighted by atomic mass is 32.1. The van der Waals surface area contributed by atoms with Crippen LogP contribution in [0.2, 0.25) is 0 Å². The molecule has 0 aliphatic heterocycles. The molecule has 0 unspecified atom stereocenters. The predicted octanol–water partition coefficient (Wildman–Crippen LogP) is 2.81. The van der Waals surface area contributed by atoms with E-state index in [2.05, 4.69) is 15.3 Å². The third kappa shape index (κ3) is 2.23. The summed E-state index contributed by atoms with van der Waals surface area (Å²) in [7, 11) is 0. The van der Waals surface area contributed by atoms with Crippen molar-refractivity contribution in [2.24, 2.45) is 0 Å². The number of nitrogens with zero attached hydrogens (tertiary/aromatic N) is 4. The van der Waals surface area contributed by atoms with Gasteiger partial charge in [0, 0.05) is 5.92 Å². The van der Waals surface area contributed by atoms with Gasteiger partial charge in [-0.05, 0) is 31.2 Å². The van der Waals surface area contributed by atoms with E-state index in [4.69, 9.17) is 10.2 Å². The molecular weight excluding hydrogens is 286 g/mol. The van der Waals surface area contributed by atoms with E-state index in [-0.39, 0.29) is 0 Å². The molecule has 7 heteroatoms. The smallest absolute Gasteiger partial charge is 0.236 e. The monoisotopic (exact) mass is 301 g/mol. The van der Waals surface area contributed by atoms with Crippen molar-refractivity contribution in [2.45, 2.75) is 32.2 Å². The number of nitrogens with two attached hydrogens (primary N) is 1. The minimum Gasteiger partial charge on any atom is -0.440 e. The fraction of sp³-hybridized carbons (Fsp3) is 0.357. The van der Waals surface area contributed by atoms with Gasteiger partial charge >= 0.3 is 0 Å². The largest absolute Gasteiger partial charge is 0.440 e. The zero-order chi connectivity index (χ0) is 14.4. The molecule has 3 heterocycles. The summed E-state index contributed by atoms with van der Waals surface area (Å²) < 4.78 is 7.62. The Morgan fingerprint density at radius 1 is 1.48 bits per heavy atom. The number of thiophene rings is 1. The first-order valence-electron chi connectivity index (χ1n) is 6.91. The molecule has 108 valence electrons. The van der Waals surface area contributed by atoms with Crippen molar-refractivity contribution >= 4 is 17.2 Å². The van der Waals surface area contributed by atoms with E-state index in [9.17, 15) is 0 Å². The molecule has 2 N–H and O–H groups in total. The lowest BCUT2D eigenvalue weighted by Gasteiger charge is -2.03. The van der Waals surface area contributed by atoms with Crippen molar-refractivity contribution in [2.75, 3.05) is 5.73 Å². The quantitative estimate of drug-likeness (QED) is 0.801. The van der Waals surface area contributed by atoms with Crippen molar-refractivity contribution < 1.29 is 4.42 Å². The van der Waals surface area contributed by atoms with Crippen LogP contribution in [0.1, 0.15) is 35.9 Å². The molecule has 6 nitrogen and oxygen atoms in total. The maximum atomic E-state index is 5.92. The van der Waals surface area contributed by atoms with E-state index < -0.39 is 0 Å². The summed E-state index contributed by atoms with van der Waals surface area (Å²) in [4.78, 5) is 5.62. The van der Waals surface area contributed by atoms with Gasteiger partial charge in [-0.2, -0.15) is 0 Å². The van der Waals surface area contributed by atoms with Crippen LogP contribution in [0, 0.1) is 6.92 Å². The number of aromatic nitrogens is 4. The normalized spacial score (nSPS) is 14.7. The maximum Gasteiger partial charge on any atom is 0.236 e. The molecule has 0 saturated heterocycles. The number of hydrogen-bond donors (Lipinski definition) is 1. The van der Waals surface area contributed by atoms with Gasteiger partial charge in [0.2, 0.25) is 5.89 Å². The Kier molecular flexibility index (Phi) is 2.81. The highest BCUT2D eigenvalue weighted by Crippen LogP contribution is 2.42. The first-order chi connectivity index (χ1) is 10.2. The minimum atomic E-state index is 0.504. The minimum absolute atomic E-state index is 0.504. The standard InChI is InChI=1S/C14H15N5OS/c1-8-10(16-14(20-8)11-3-2-6-21-11)7-19-12(9-4-5-9)13(15)17-18-19/h2-3,6,9H,4-5,7,15H2,1H3. The summed E-state index contributed by atoms with van der Waals surface area (Å²) in [5.74, 6) is 2.52. The molecule has 3 aromatic heterocycles. The summed E-state index contributed by atoms with van der Waals surface area (Å²) in [5.41, 5.74) is 7.84. The molecule has 1 fully saturated rings. The molecule has 0 atom stereocenters. The molecule has 1 aliphatic rings.